The fourth-order valence-corrected chi connectivity index (χ4v) is 2.19. The van der Waals surface area contributed by atoms with Crippen molar-refractivity contribution in [3.8, 4) is 0 Å². The van der Waals surface area contributed by atoms with Crippen LogP contribution in [0.15, 0.2) is 18.3 Å². The van der Waals surface area contributed by atoms with E-state index < -0.39 is 0 Å². The Morgan fingerprint density at radius 1 is 1.05 bits per heavy atom. The Kier molecular flexibility index (Phi) is 3.31. The van der Waals surface area contributed by atoms with E-state index in [2.05, 4.69) is 59.5 Å². The average molecular weight is 261 g/mol. The second kappa shape index (κ2) is 4.32. The van der Waals surface area contributed by atoms with E-state index >= 15 is 0 Å². The minimum absolute atomic E-state index is 0.0210. The van der Waals surface area contributed by atoms with Gasteiger partial charge in [-0.1, -0.05) is 26.8 Å². The molecule has 19 heavy (non-hydrogen) atoms. The zero-order valence-corrected chi connectivity index (χ0v) is 13.1. The number of hydrogen-bond acceptors (Lipinski definition) is 3. The Hall–Kier alpha value is -0.865. The van der Waals surface area contributed by atoms with Gasteiger partial charge < -0.3 is 9.31 Å². The Morgan fingerprint density at radius 2 is 1.58 bits per heavy atom. The van der Waals surface area contributed by atoms with E-state index in [0.29, 0.717) is 0 Å². The molecule has 4 heteroatoms. The molecule has 3 nitrogen and oxygen atoms in total. The van der Waals surface area contributed by atoms with Crippen molar-refractivity contribution >= 4 is 12.7 Å². The molecule has 0 N–H and O–H groups in total. The lowest BCUT2D eigenvalue weighted by Crippen LogP contribution is -2.41. The van der Waals surface area contributed by atoms with Crippen LogP contribution in [0, 0.1) is 0 Å². The zero-order valence-electron chi connectivity index (χ0n) is 13.1. The van der Waals surface area contributed by atoms with Gasteiger partial charge in [-0.2, -0.15) is 0 Å². The van der Waals surface area contributed by atoms with E-state index in [4.69, 9.17) is 9.31 Å². The van der Waals surface area contributed by atoms with Crippen LogP contribution in [0.5, 0.6) is 0 Å². The molecule has 1 aromatic rings. The zero-order chi connectivity index (χ0) is 14.5. The van der Waals surface area contributed by atoms with Crippen molar-refractivity contribution in [2.45, 2.75) is 65.1 Å². The van der Waals surface area contributed by atoms with Gasteiger partial charge in [0.2, 0.25) is 0 Å². The quantitative estimate of drug-likeness (QED) is 0.728. The lowest BCUT2D eigenvalue weighted by molar-refractivity contribution is 0.00578. The van der Waals surface area contributed by atoms with Crippen LogP contribution in [0.25, 0.3) is 0 Å². The van der Waals surface area contributed by atoms with Crippen LogP contribution in [0.4, 0.5) is 0 Å². The molecular formula is C15H24BNO2. The third-order valence-electron chi connectivity index (χ3n) is 4.12. The maximum atomic E-state index is 6.10. The molecule has 0 spiro atoms. The van der Waals surface area contributed by atoms with Crippen molar-refractivity contribution in [2.75, 3.05) is 0 Å². The summed E-state index contributed by atoms with van der Waals surface area (Å²) < 4.78 is 12.2. The van der Waals surface area contributed by atoms with Gasteiger partial charge in [-0.05, 0) is 44.7 Å². The molecule has 0 bridgehead atoms. The fraction of sp³-hybridized carbons (Fsp3) is 0.667. The van der Waals surface area contributed by atoms with Gasteiger partial charge in [0.15, 0.2) is 0 Å². The highest BCUT2D eigenvalue weighted by molar-refractivity contribution is 6.61. The Balaban J connectivity index is 2.41. The van der Waals surface area contributed by atoms with Gasteiger partial charge in [-0.15, -0.1) is 0 Å². The molecule has 1 saturated heterocycles. The Morgan fingerprint density at radius 3 is 2.05 bits per heavy atom. The molecule has 104 valence electrons. The maximum Gasteiger partial charge on any atom is 0.514 e. The molecule has 1 fully saturated rings. The van der Waals surface area contributed by atoms with Gasteiger partial charge >= 0.3 is 7.12 Å². The van der Waals surface area contributed by atoms with E-state index in [1.54, 1.807) is 6.20 Å². The van der Waals surface area contributed by atoms with Gasteiger partial charge in [0.25, 0.3) is 0 Å². The first-order chi connectivity index (χ1) is 8.55. The summed E-state index contributed by atoms with van der Waals surface area (Å²) in [6.07, 6.45) is 1.80. The van der Waals surface area contributed by atoms with Crippen LogP contribution in [0.2, 0.25) is 0 Å². The van der Waals surface area contributed by atoms with Crippen LogP contribution in [0.1, 0.15) is 54.0 Å². The normalized spacial score (nSPS) is 21.7. The lowest BCUT2D eigenvalue weighted by Gasteiger charge is -2.32. The van der Waals surface area contributed by atoms with Crippen molar-refractivity contribution in [1.29, 1.82) is 0 Å². The topological polar surface area (TPSA) is 31.4 Å². The highest BCUT2D eigenvalue weighted by atomic mass is 16.7. The summed E-state index contributed by atoms with van der Waals surface area (Å²) in [7, 11) is -0.388. The first-order valence-electron chi connectivity index (χ1n) is 6.86. The highest BCUT2D eigenvalue weighted by Gasteiger charge is 2.53. The molecular weight excluding hydrogens is 237 g/mol. The molecule has 0 unspecified atom stereocenters. The van der Waals surface area contributed by atoms with Crippen molar-refractivity contribution in [3.63, 3.8) is 0 Å². The second-order valence-electron chi connectivity index (χ2n) is 7.27. The number of pyridine rings is 1. The summed E-state index contributed by atoms with van der Waals surface area (Å²) in [5.74, 6) is 0. The number of hydrogen-bond donors (Lipinski definition) is 0. The van der Waals surface area contributed by atoms with Crippen LogP contribution in [-0.4, -0.2) is 23.3 Å². The average Bonchev–Trinajstić information content (AvgIpc) is 2.47. The molecule has 0 saturated carbocycles. The van der Waals surface area contributed by atoms with Crippen molar-refractivity contribution in [2.24, 2.45) is 0 Å². The smallest absolute Gasteiger partial charge is 0.398 e. The molecule has 2 heterocycles. The molecule has 0 amide bonds. The predicted molar refractivity (Wildman–Crippen MR) is 78.7 cm³/mol. The van der Waals surface area contributed by atoms with Crippen LogP contribution < -0.4 is 5.59 Å². The summed E-state index contributed by atoms with van der Waals surface area (Å²) in [4.78, 5) is 4.51. The van der Waals surface area contributed by atoms with Gasteiger partial charge in [0.1, 0.15) is 0 Å². The summed E-state index contributed by atoms with van der Waals surface area (Å²) in [5.41, 5.74) is 1.43. The number of nitrogens with zero attached hydrogens (tertiary/aromatic N) is 1. The van der Waals surface area contributed by atoms with E-state index in [0.717, 1.165) is 5.59 Å². The van der Waals surface area contributed by atoms with Crippen molar-refractivity contribution < 1.29 is 9.31 Å². The fourth-order valence-electron chi connectivity index (χ4n) is 2.19. The van der Waals surface area contributed by atoms with E-state index in [1.807, 2.05) is 6.07 Å². The van der Waals surface area contributed by atoms with Crippen LogP contribution in [-0.2, 0) is 14.7 Å². The summed E-state index contributed by atoms with van der Waals surface area (Å²) in [6, 6.07) is 4.07. The minimum atomic E-state index is -0.388. The maximum absolute atomic E-state index is 6.10. The summed E-state index contributed by atoms with van der Waals surface area (Å²) in [6.45, 7) is 14.8. The Bertz CT molecular complexity index is 461. The molecule has 1 aliphatic rings. The monoisotopic (exact) mass is 261 g/mol. The third kappa shape index (κ3) is 2.56. The van der Waals surface area contributed by atoms with Gasteiger partial charge in [0.05, 0.1) is 16.8 Å². The predicted octanol–water partition coefficient (Wildman–Crippen LogP) is 2.68. The Labute approximate surface area is 116 Å². The molecule has 0 atom stereocenters. The SMILES string of the molecule is CC(C)(C)c1cccnc1B1OC(C)(C)C(C)(C)O1. The lowest BCUT2D eigenvalue weighted by atomic mass is 9.73. The molecule has 1 aliphatic heterocycles. The first-order valence-corrected chi connectivity index (χ1v) is 6.86. The molecule has 0 radical (unpaired) electrons. The summed E-state index contributed by atoms with van der Waals surface area (Å²) in [5, 5.41) is 0. The van der Waals surface area contributed by atoms with E-state index in [-0.39, 0.29) is 23.7 Å². The van der Waals surface area contributed by atoms with E-state index in [9.17, 15) is 0 Å². The largest absolute Gasteiger partial charge is 0.514 e. The molecule has 2 rings (SSSR count). The second-order valence-corrected chi connectivity index (χ2v) is 7.27. The highest BCUT2D eigenvalue weighted by Crippen LogP contribution is 2.37. The number of aromatic nitrogens is 1. The van der Waals surface area contributed by atoms with E-state index in [1.165, 1.54) is 5.56 Å². The van der Waals surface area contributed by atoms with Gasteiger partial charge in [0, 0.05) is 6.20 Å². The standard InChI is InChI=1S/C15H24BNO2/c1-13(2,3)11-9-8-10-17-12(11)16-18-14(4,5)15(6,7)19-16/h8-10H,1-7H3. The van der Waals surface area contributed by atoms with Crippen molar-refractivity contribution in [1.82, 2.24) is 4.98 Å². The minimum Gasteiger partial charge on any atom is -0.398 e. The first kappa shape index (κ1) is 14.5. The number of rotatable bonds is 1. The van der Waals surface area contributed by atoms with Crippen LogP contribution >= 0.6 is 0 Å². The molecule has 0 aliphatic carbocycles. The van der Waals surface area contributed by atoms with Gasteiger partial charge in [-0.25, -0.2) is 0 Å². The molecule has 1 aromatic heterocycles. The van der Waals surface area contributed by atoms with Gasteiger partial charge in [-0.3, -0.25) is 4.98 Å². The van der Waals surface area contributed by atoms with Crippen LogP contribution in [0.3, 0.4) is 0 Å². The van der Waals surface area contributed by atoms with Crippen molar-refractivity contribution in [3.05, 3.63) is 23.9 Å². The third-order valence-corrected chi connectivity index (χ3v) is 4.12. The molecule has 0 aromatic carbocycles. The summed E-state index contributed by atoms with van der Waals surface area (Å²) >= 11 is 0.